The van der Waals surface area contributed by atoms with Crippen LogP contribution in [0.15, 0.2) is 54.9 Å². The van der Waals surface area contributed by atoms with E-state index >= 15 is 0 Å². The predicted octanol–water partition coefficient (Wildman–Crippen LogP) is 4.05. The number of nitrogens with zero attached hydrogens (tertiary/aromatic N) is 4. The molecule has 148 valence electrons. The van der Waals surface area contributed by atoms with Crippen molar-refractivity contribution in [3.05, 3.63) is 82.7 Å². The lowest BCUT2D eigenvalue weighted by Gasteiger charge is -2.18. The number of pyridine rings is 1. The van der Waals surface area contributed by atoms with Crippen LogP contribution in [0.2, 0.25) is 0 Å². The first-order valence-corrected chi connectivity index (χ1v) is 9.85. The maximum atomic E-state index is 13.6. The molecule has 2 aromatic heterocycles. The van der Waals surface area contributed by atoms with Gasteiger partial charge in [0.05, 0.1) is 16.8 Å². The van der Waals surface area contributed by atoms with Crippen LogP contribution in [0.25, 0.3) is 22.2 Å². The quantitative estimate of drug-likeness (QED) is 0.553. The Morgan fingerprint density at radius 2 is 1.67 bits per heavy atom. The van der Waals surface area contributed by atoms with Gasteiger partial charge >= 0.3 is 0 Å². The largest absolute Gasteiger partial charge is 0.368 e. The smallest absolute Gasteiger partial charge is 0.255 e. The lowest BCUT2D eigenvalue weighted by atomic mass is 9.99. The highest BCUT2D eigenvalue weighted by Crippen LogP contribution is 2.31. The molecule has 2 N–H and O–H groups in total. The van der Waals surface area contributed by atoms with Gasteiger partial charge in [0, 0.05) is 36.4 Å². The number of hydrogen-bond donors (Lipinski definition) is 1. The monoisotopic (exact) mass is 395 g/mol. The van der Waals surface area contributed by atoms with Gasteiger partial charge in [-0.25, -0.2) is 15.0 Å². The average Bonchev–Trinajstić information content (AvgIpc) is 3.17. The number of aryl methyl sites for hydroxylation is 2. The number of nitrogens with two attached hydrogens (primary N) is 1. The lowest BCUT2D eigenvalue weighted by Crippen LogP contribution is -2.25. The summed E-state index contributed by atoms with van der Waals surface area (Å²) in [5.41, 5.74) is 13.0. The third-order valence-electron chi connectivity index (χ3n) is 5.57. The third-order valence-corrected chi connectivity index (χ3v) is 5.57. The van der Waals surface area contributed by atoms with E-state index in [9.17, 15) is 4.79 Å². The first-order chi connectivity index (χ1) is 14.5. The van der Waals surface area contributed by atoms with Crippen molar-refractivity contribution in [1.82, 2.24) is 19.9 Å². The van der Waals surface area contributed by atoms with E-state index < -0.39 is 0 Å². The van der Waals surface area contributed by atoms with Crippen LogP contribution in [0.4, 0.5) is 5.95 Å². The molecule has 1 amide bonds. The molecule has 5 rings (SSSR count). The number of carbonyl (C=O) groups excluding carboxylic acids is 1. The minimum Gasteiger partial charge on any atom is -0.368 e. The fraction of sp³-hybridized carbons (Fsp3) is 0.167. The number of carbonyl (C=O) groups is 1. The molecule has 6 nitrogen and oxygen atoms in total. The second-order valence-corrected chi connectivity index (χ2v) is 7.79. The van der Waals surface area contributed by atoms with Crippen LogP contribution in [0.5, 0.6) is 0 Å². The van der Waals surface area contributed by atoms with Gasteiger partial charge in [0.25, 0.3) is 5.91 Å². The number of amides is 1. The molecule has 0 bridgehead atoms. The Morgan fingerprint density at radius 1 is 1.00 bits per heavy atom. The minimum absolute atomic E-state index is 0.00112. The molecule has 0 radical (unpaired) electrons. The van der Waals surface area contributed by atoms with Crippen molar-refractivity contribution in [2.45, 2.75) is 26.9 Å². The Kier molecular flexibility index (Phi) is 4.20. The van der Waals surface area contributed by atoms with Gasteiger partial charge in [-0.3, -0.25) is 4.79 Å². The van der Waals surface area contributed by atoms with Crippen LogP contribution >= 0.6 is 0 Å². The summed E-state index contributed by atoms with van der Waals surface area (Å²) in [5.74, 6) is 0.207. The minimum atomic E-state index is 0.00112. The van der Waals surface area contributed by atoms with Crippen molar-refractivity contribution in [2.24, 2.45) is 0 Å². The summed E-state index contributed by atoms with van der Waals surface area (Å²) in [6.07, 6.45) is 3.28. The number of rotatable bonds is 2. The topological polar surface area (TPSA) is 85.0 Å². The molecule has 0 atom stereocenters. The highest BCUT2D eigenvalue weighted by Gasteiger charge is 2.26. The van der Waals surface area contributed by atoms with Gasteiger partial charge in [-0.2, -0.15) is 0 Å². The van der Waals surface area contributed by atoms with E-state index in [1.807, 2.05) is 43.0 Å². The van der Waals surface area contributed by atoms with E-state index in [1.54, 1.807) is 12.4 Å². The Labute approximate surface area is 174 Å². The van der Waals surface area contributed by atoms with E-state index in [1.165, 1.54) is 11.1 Å². The highest BCUT2D eigenvalue weighted by molar-refractivity contribution is 6.08. The maximum Gasteiger partial charge on any atom is 0.255 e. The Balaban J connectivity index is 1.66. The zero-order valence-electron chi connectivity index (χ0n) is 16.9. The first-order valence-electron chi connectivity index (χ1n) is 9.85. The van der Waals surface area contributed by atoms with Crippen LogP contribution in [0.3, 0.4) is 0 Å². The van der Waals surface area contributed by atoms with Crippen molar-refractivity contribution in [3.8, 4) is 11.3 Å². The van der Waals surface area contributed by atoms with Gasteiger partial charge in [0.15, 0.2) is 0 Å². The highest BCUT2D eigenvalue weighted by atomic mass is 16.2. The lowest BCUT2D eigenvalue weighted by molar-refractivity contribution is 0.0753. The summed E-state index contributed by atoms with van der Waals surface area (Å²) in [6, 6.07) is 14.2. The van der Waals surface area contributed by atoms with Crippen molar-refractivity contribution in [3.63, 3.8) is 0 Å². The first kappa shape index (κ1) is 18.2. The van der Waals surface area contributed by atoms with E-state index in [0.717, 1.165) is 27.6 Å². The molecule has 0 aliphatic carbocycles. The summed E-state index contributed by atoms with van der Waals surface area (Å²) in [6.45, 7) is 5.29. The van der Waals surface area contributed by atoms with E-state index in [2.05, 4.69) is 28.2 Å². The van der Waals surface area contributed by atoms with Gasteiger partial charge in [-0.1, -0.05) is 35.9 Å². The van der Waals surface area contributed by atoms with Crippen LogP contribution in [-0.2, 0) is 13.1 Å². The molecule has 1 aliphatic heterocycles. The summed E-state index contributed by atoms with van der Waals surface area (Å²) in [4.78, 5) is 28.5. The van der Waals surface area contributed by atoms with Crippen molar-refractivity contribution < 1.29 is 4.79 Å². The second kappa shape index (κ2) is 6.91. The second-order valence-electron chi connectivity index (χ2n) is 7.79. The van der Waals surface area contributed by atoms with Gasteiger partial charge in [0.1, 0.15) is 0 Å². The molecule has 6 heteroatoms. The molecular formula is C24H21N5O. The molecular weight excluding hydrogens is 374 g/mol. The third kappa shape index (κ3) is 3.06. The van der Waals surface area contributed by atoms with Crippen molar-refractivity contribution in [2.75, 3.05) is 5.73 Å². The fourth-order valence-electron chi connectivity index (χ4n) is 4.12. The summed E-state index contributed by atoms with van der Waals surface area (Å²) < 4.78 is 0. The molecule has 1 aliphatic rings. The maximum absolute atomic E-state index is 13.6. The average molecular weight is 395 g/mol. The SMILES string of the molecule is Cc1cc(C)c2nc(-c3cnc(N)nc3)cc(C(=O)N3Cc4ccccc4C3)c2c1. The predicted molar refractivity (Wildman–Crippen MR) is 117 cm³/mol. The van der Waals surface area contributed by atoms with Gasteiger partial charge in [0.2, 0.25) is 5.95 Å². The number of anilines is 1. The number of fused-ring (bicyclic) bond motifs is 2. The molecule has 0 saturated heterocycles. The van der Waals surface area contributed by atoms with E-state index in [4.69, 9.17) is 10.7 Å². The Morgan fingerprint density at radius 3 is 2.33 bits per heavy atom. The zero-order valence-corrected chi connectivity index (χ0v) is 16.9. The summed E-state index contributed by atoms with van der Waals surface area (Å²) in [5, 5.41) is 0.869. The molecule has 3 heterocycles. The number of hydrogen-bond acceptors (Lipinski definition) is 5. The molecule has 30 heavy (non-hydrogen) atoms. The Hall–Kier alpha value is -3.80. The van der Waals surface area contributed by atoms with E-state index in [0.29, 0.717) is 24.3 Å². The zero-order chi connectivity index (χ0) is 20.8. The number of benzene rings is 2. The van der Waals surface area contributed by atoms with E-state index in [-0.39, 0.29) is 11.9 Å². The van der Waals surface area contributed by atoms with Crippen molar-refractivity contribution in [1.29, 1.82) is 0 Å². The van der Waals surface area contributed by atoms with Gasteiger partial charge < -0.3 is 10.6 Å². The molecule has 0 saturated carbocycles. The molecule has 0 unspecified atom stereocenters. The fourth-order valence-corrected chi connectivity index (χ4v) is 4.12. The van der Waals surface area contributed by atoms with Gasteiger partial charge in [-0.15, -0.1) is 0 Å². The van der Waals surface area contributed by atoms with Crippen LogP contribution in [-0.4, -0.2) is 25.8 Å². The van der Waals surface area contributed by atoms with Gasteiger partial charge in [-0.05, 0) is 42.7 Å². The number of aromatic nitrogens is 3. The normalized spacial score (nSPS) is 12.9. The van der Waals surface area contributed by atoms with Crippen LogP contribution in [0.1, 0.15) is 32.6 Å². The standard InChI is InChI=1S/C24H21N5O/c1-14-7-15(2)22-19(8-14)20(9-21(28-22)18-10-26-24(25)27-11-18)23(30)29-12-16-5-3-4-6-17(16)13-29/h3-11H,12-13H2,1-2H3,(H2,25,26,27). The Bertz CT molecular complexity index is 1270. The molecule has 0 spiro atoms. The summed E-state index contributed by atoms with van der Waals surface area (Å²) in [7, 11) is 0. The molecule has 4 aromatic rings. The molecule has 0 fully saturated rings. The van der Waals surface area contributed by atoms with Crippen LogP contribution < -0.4 is 5.73 Å². The molecule has 2 aromatic carbocycles. The summed E-state index contributed by atoms with van der Waals surface area (Å²) >= 11 is 0. The number of nitrogen functional groups attached to an aromatic ring is 1. The van der Waals surface area contributed by atoms with Crippen molar-refractivity contribution >= 4 is 22.8 Å². The van der Waals surface area contributed by atoms with Crippen LogP contribution in [0, 0.1) is 13.8 Å².